The Morgan fingerprint density at radius 2 is 2.27 bits per heavy atom. The Balaban J connectivity index is 2.69. The number of likely N-dealkylation sites (N-methyl/N-ethyl adjacent to an activating group) is 1. The second kappa shape index (κ2) is 3.24. The predicted octanol–water partition coefficient (Wildman–Crippen LogP) is 1.49. The van der Waals surface area contributed by atoms with Crippen LogP contribution < -0.4 is 0 Å². The molecule has 1 unspecified atom stereocenters. The van der Waals surface area contributed by atoms with Crippen LogP contribution in [-0.4, -0.2) is 30.2 Å². The Morgan fingerprint density at radius 3 is 2.55 bits per heavy atom. The molecule has 0 aliphatic carbocycles. The molecule has 1 aliphatic heterocycles. The fourth-order valence-electron chi connectivity index (χ4n) is 1.57. The van der Waals surface area contributed by atoms with Crippen LogP contribution >= 0.6 is 0 Å². The first kappa shape index (κ1) is 8.57. The van der Waals surface area contributed by atoms with Crippen molar-refractivity contribution in [3.63, 3.8) is 0 Å². The van der Waals surface area contributed by atoms with Gasteiger partial charge in [0.2, 0.25) is 0 Å². The number of ether oxygens (including phenoxy) is 1. The molecule has 0 fully saturated rings. The Hall–Kier alpha value is -0.530. The number of hydrogen-bond acceptors (Lipinski definition) is 1. The lowest BCUT2D eigenvalue weighted by atomic mass is 10.1. The summed E-state index contributed by atoms with van der Waals surface area (Å²) >= 11 is 0. The van der Waals surface area contributed by atoms with Gasteiger partial charge >= 0.3 is 5.90 Å². The zero-order chi connectivity index (χ0) is 8.43. The van der Waals surface area contributed by atoms with E-state index in [-0.39, 0.29) is 0 Å². The lowest BCUT2D eigenvalue weighted by Gasteiger charge is -2.07. The van der Waals surface area contributed by atoms with Crippen LogP contribution in [0.3, 0.4) is 0 Å². The van der Waals surface area contributed by atoms with Crippen LogP contribution in [0.15, 0.2) is 0 Å². The van der Waals surface area contributed by atoms with Crippen molar-refractivity contribution in [3.05, 3.63) is 0 Å². The van der Waals surface area contributed by atoms with Gasteiger partial charge in [-0.15, -0.1) is 0 Å². The minimum absolute atomic E-state index is 0.588. The molecule has 2 heteroatoms. The SMILES string of the molecule is CCC1=[N+](C)C(C(C)C)CO1. The van der Waals surface area contributed by atoms with Crippen molar-refractivity contribution >= 4 is 5.90 Å². The molecule has 11 heavy (non-hydrogen) atoms. The lowest BCUT2D eigenvalue weighted by Crippen LogP contribution is -2.27. The quantitative estimate of drug-likeness (QED) is 0.552. The van der Waals surface area contributed by atoms with E-state index in [4.69, 9.17) is 4.74 Å². The summed E-state index contributed by atoms with van der Waals surface area (Å²) in [7, 11) is 2.12. The molecule has 1 rings (SSSR count). The van der Waals surface area contributed by atoms with Gasteiger partial charge in [-0.05, 0) is 0 Å². The zero-order valence-corrected chi connectivity index (χ0v) is 7.92. The van der Waals surface area contributed by atoms with E-state index in [1.807, 2.05) is 0 Å². The summed E-state index contributed by atoms with van der Waals surface area (Å²) in [6.07, 6.45) is 1.01. The van der Waals surface area contributed by atoms with E-state index >= 15 is 0 Å². The minimum atomic E-state index is 0.588. The highest BCUT2D eigenvalue weighted by atomic mass is 16.5. The molecule has 0 radical (unpaired) electrons. The van der Waals surface area contributed by atoms with Crippen molar-refractivity contribution in [1.29, 1.82) is 0 Å². The van der Waals surface area contributed by atoms with Crippen molar-refractivity contribution in [2.45, 2.75) is 33.2 Å². The third kappa shape index (κ3) is 1.55. The molecule has 0 N–H and O–H groups in total. The van der Waals surface area contributed by atoms with Gasteiger partial charge in [-0.2, -0.15) is 4.58 Å². The first-order chi connectivity index (χ1) is 5.16. The molecule has 0 saturated carbocycles. The van der Waals surface area contributed by atoms with Crippen LogP contribution in [0.2, 0.25) is 0 Å². The Bertz CT molecular complexity index is 172. The highest BCUT2D eigenvalue weighted by molar-refractivity contribution is 5.71. The maximum absolute atomic E-state index is 5.53. The summed E-state index contributed by atoms with van der Waals surface area (Å²) in [5, 5.41) is 0. The summed E-state index contributed by atoms with van der Waals surface area (Å²) in [6, 6.07) is 0.588. The van der Waals surface area contributed by atoms with Crippen LogP contribution in [0.4, 0.5) is 0 Å². The summed E-state index contributed by atoms with van der Waals surface area (Å²) < 4.78 is 7.80. The molecule has 0 amide bonds. The van der Waals surface area contributed by atoms with Gasteiger partial charge in [0.15, 0.2) is 12.6 Å². The molecule has 0 spiro atoms. The summed E-state index contributed by atoms with van der Waals surface area (Å²) in [5.74, 6) is 1.83. The van der Waals surface area contributed by atoms with Crippen LogP contribution in [0.5, 0.6) is 0 Å². The molecule has 0 aromatic carbocycles. The van der Waals surface area contributed by atoms with Crippen LogP contribution in [0, 0.1) is 5.92 Å². The standard InChI is InChI=1S/C9H18NO/c1-5-9-10(4)8(6-11-9)7(2)3/h7-8H,5-6H2,1-4H3/q+1. The largest absolute Gasteiger partial charge is 0.441 e. The van der Waals surface area contributed by atoms with E-state index < -0.39 is 0 Å². The van der Waals surface area contributed by atoms with Crippen molar-refractivity contribution in [1.82, 2.24) is 0 Å². The first-order valence-corrected chi connectivity index (χ1v) is 4.38. The topological polar surface area (TPSA) is 12.2 Å². The third-order valence-electron chi connectivity index (χ3n) is 2.38. The van der Waals surface area contributed by atoms with Gasteiger partial charge in [0.25, 0.3) is 0 Å². The first-order valence-electron chi connectivity index (χ1n) is 4.38. The molecule has 0 saturated heterocycles. The maximum atomic E-state index is 5.53. The predicted molar refractivity (Wildman–Crippen MR) is 46.1 cm³/mol. The molecule has 1 aliphatic rings. The van der Waals surface area contributed by atoms with Crippen molar-refractivity contribution in [3.8, 4) is 0 Å². The van der Waals surface area contributed by atoms with Gasteiger partial charge in [0, 0.05) is 5.92 Å². The summed E-state index contributed by atoms with van der Waals surface area (Å²) in [6.45, 7) is 7.48. The smallest absolute Gasteiger partial charge is 0.336 e. The molecule has 0 aromatic rings. The molecule has 1 heterocycles. The molecule has 64 valence electrons. The van der Waals surface area contributed by atoms with Crippen LogP contribution in [0.25, 0.3) is 0 Å². The van der Waals surface area contributed by atoms with E-state index in [1.165, 1.54) is 0 Å². The van der Waals surface area contributed by atoms with Gasteiger partial charge in [-0.3, -0.25) is 0 Å². The molecule has 0 aromatic heterocycles. The zero-order valence-electron chi connectivity index (χ0n) is 7.92. The van der Waals surface area contributed by atoms with Gasteiger partial charge < -0.3 is 4.74 Å². The highest BCUT2D eigenvalue weighted by Gasteiger charge is 2.32. The van der Waals surface area contributed by atoms with Gasteiger partial charge in [0.05, 0.1) is 6.42 Å². The number of rotatable bonds is 2. The fourth-order valence-corrected chi connectivity index (χ4v) is 1.57. The normalized spacial score (nSPS) is 24.6. The second-order valence-electron chi connectivity index (χ2n) is 3.48. The van der Waals surface area contributed by atoms with Crippen LogP contribution in [-0.2, 0) is 4.74 Å². The second-order valence-corrected chi connectivity index (χ2v) is 3.48. The van der Waals surface area contributed by atoms with Crippen LogP contribution in [0.1, 0.15) is 27.2 Å². The van der Waals surface area contributed by atoms with E-state index in [0.717, 1.165) is 18.9 Å². The fraction of sp³-hybridized carbons (Fsp3) is 0.889. The molecular formula is C9H18NO+. The third-order valence-corrected chi connectivity index (χ3v) is 2.38. The maximum Gasteiger partial charge on any atom is 0.336 e. The number of hydrogen-bond donors (Lipinski definition) is 0. The Labute approximate surface area is 68.9 Å². The number of nitrogens with zero attached hydrogens (tertiary/aromatic N) is 1. The van der Waals surface area contributed by atoms with E-state index in [0.29, 0.717) is 12.0 Å². The lowest BCUT2D eigenvalue weighted by molar-refractivity contribution is -0.535. The average Bonchev–Trinajstić information content (AvgIpc) is 2.30. The minimum Gasteiger partial charge on any atom is -0.441 e. The van der Waals surface area contributed by atoms with Crippen molar-refractivity contribution in [2.24, 2.45) is 5.92 Å². The van der Waals surface area contributed by atoms with Gasteiger partial charge in [0.1, 0.15) is 7.05 Å². The average molecular weight is 156 g/mol. The van der Waals surface area contributed by atoms with E-state index in [2.05, 4.69) is 32.4 Å². The highest BCUT2D eigenvalue weighted by Crippen LogP contribution is 2.13. The Morgan fingerprint density at radius 1 is 1.64 bits per heavy atom. The van der Waals surface area contributed by atoms with Crippen molar-refractivity contribution in [2.75, 3.05) is 13.7 Å². The molecule has 2 nitrogen and oxygen atoms in total. The molecule has 0 bridgehead atoms. The van der Waals surface area contributed by atoms with E-state index in [9.17, 15) is 0 Å². The monoisotopic (exact) mass is 156 g/mol. The summed E-state index contributed by atoms with van der Waals surface area (Å²) in [4.78, 5) is 0. The van der Waals surface area contributed by atoms with Gasteiger partial charge in [-0.25, -0.2) is 0 Å². The van der Waals surface area contributed by atoms with Crippen molar-refractivity contribution < 1.29 is 9.31 Å². The molecular weight excluding hydrogens is 138 g/mol. The Kier molecular flexibility index (Phi) is 2.53. The summed E-state index contributed by atoms with van der Waals surface area (Å²) in [5.41, 5.74) is 0. The van der Waals surface area contributed by atoms with Gasteiger partial charge in [-0.1, -0.05) is 20.8 Å². The van der Waals surface area contributed by atoms with E-state index in [1.54, 1.807) is 0 Å². The molecule has 1 atom stereocenters.